The van der Waals surface area contributed by atoms with Gasteiger partial charge in [0.25, 0.3) is 5.91 Å². The molecule has 1 unspecified atom stereocenters. The molecule has 0 bridgehead atoms. The SMILES string of the molecule is COc1ccc(-c2noc(C(C)O)c2C(=O)NC(C)(C)C)cc1OC. The summed E-state index contributed by atoms with van der Waals surface area (Å²) in [5.41, 5.74) is 0.710. The Kier molecular flexibility index (Phi) is 5.37. The van der Waals surface area contributed by atoms with Crippen LogP contribution in [-0.4, -0.2) is 35.9 Å². The molecule has 1 aromatic heterocycles. The van der Waals surface area contributed by atoms with Gasteiger partial charge in [-0.3, -0.25) is 4.79 Å². The van der Waals surface area contributed by atoms with E-state index in [1.807, 2.05) is 20.8 Å². The Morgan fingerprint density at radius 2 is 1.88 bits per heavy atom. The van der Waals surface area contributed by atoms with Crippen molar-refractivity contribution in [3.8, 4) is 22.8 Å². The first kappa shape index (κ1) is 18.8. The summed E-state index contributed by atoms with van der Waals surface area (Å²) in [6.45, 7) is 7.14. The summed E-state index contributed by atoms with van der Waals surface area (Å²) in [6.07, 6.45) is -0.970. The lowest BCUT2D eigenvalue weighted by atomic mass is 10.0. The van der Waals surface area contributed by atoms with E-state index in [-0.39, 0.29) is 17.2 Å². The van der Waals surface area contributed by atoms with Gasteiger partial charge in [0.15, 0.2) is 17.3 Å². The number of rotatable bonds is 5. The fourth-order valence-corrected chi connectivity index (χ4v) is 2.39. The molecule has 2 aromatic rings. The van der Waals surface area contributed by atoms with Crippen molar-refractivity contribution in [2.75, 3.05) is 14.2 Å². The number of amides is 1. The minimum atomic E-state index is -0.970. The maximum Gasteiger partial charge on any atom is 0.257 e. The molecule has 1 heterocycles. The van der Waals surface area contributed by atoms with Crippen LogP contribution in [0.1, 0.15) is 49.9 Å². The summed E-state index contributed by atoms with van der Waals surface area (Å²) < 4.78 is 15.8. The Morgan fingerprint density at radius 3 is 2.40 bits per heavy atom. The quantitative estimate of drug-likeness (QED) is 0.863. The van der Waals surface area contributed by atoms with E-state index in [1.165, 1.54) is 14.0 Å². The van der Waals surface area contributed by atoms with Crippen molar-refractivity contribution >= 4 is 5.91 Å². The topological polar surface area (TPSA) is 93.8 Å². The highest BCUT2D eigenvalue weighted by Gasteiger charge is 2.29. The second-order valence-electron chi connectivity index (χ2n) is 6.72. The molecule has 0 aliphatic heterocycles. The smallest absolute Gasteiger partial charge is 0.257 e. The molecule has 0 radical (unpaired) electrons. The molecule has 1 atom stereocenters. The number of ether oxygens (including phenoxy) is 2. The standard InChI is InChI=1S/C18H24N2O5/c1-10(21)16-14(17(22)19-18(2,3)4)15(20-25-16)11-7-8-12(23-5)13(9-11)24-6/h7-10,21H,1-6H3,(H,19,22). The average molecular weight is 348 g/mol. The van der Waals surface area contributed by atoms with E-state index in [4.69, 9.17) is 14.0 Å². The fraction of sp³-hybridized carbons (Fsp3) is 0.444. The molecule has 2 N–H and O–H groups in total. The average Bonchev–Trinajstić information content (AvgIpc) is 2.97. The van der Waals surface area contributed by atoms with Gasteiger partial charge in [-0.2, -0.15) is 0 Å². The molecule has 7 heteroatoms. The minimum absolute atomic E-state index is 0.117. The second kappa shape index (κ2) is 7.14. The number of carbonyl (C=O) groups excluding carboxylic acids is 1. The molecule has 7 nitrogen and oxygen atoms in total. The van der Waals surface area contributed by atoms with Crippen LogP contribution >= 0.6 is 0 Å². The third-order valence-electron chi connectivity index (χ3n) is 3.47. The number of benzene rings is 1. The lowest BCUT2D eigenvalue weighted by molar-refractivity contribution is 0.0907. The number of methoxy groups -OCH3 is 2. The van der Waals surface area contributed by atoms with Crippen LogP contribution in [0.2, 0.25) is 0 Å². The van der Waals surface area contributed by atoms with Gasteiger partial charge >= 0.3 is 0 Å². The van der Waals surface area contributed by atoms with Gasteiger partial charge in [0, 0.05) is 11.1 Å². The van der Waals surface area contributed by atoms with E-state index in [0.717, 1.165) is 0 Å². The summed E-state index contributed by atoms with van der Waals surface area (Å²) in [6, 6.07) is 5.17. The molecule has 1 aromatic carbocycles. The van der Waals surface area contributed by atoms with Crippen molar-refractivity contribution < 1.29 is 23.9 Å². The van der Waals surface area contributed by atoms with Crippen LogP contribution in [0.4, 0.5) is 0 Å². The first-order chi connectivity index (χ1) is 11.7. The van der Waals surface area contributed by atoms with Gasteiger partial charge in [0.2, 0.25) is 0 Å². The second-order valence-corrected chi connectivity index (χ2v) is 6.72. The van der Waals surface area contributed by atoms with Crippen LogP contribution in [0.3, 0.4) is 0 Å². The summed E-state index contributed by atoms with van der Waals surface area (Å²) in [5.74, 6) is 0.816. The van der Waals surface area contributed by atoms with E-state index < -0.39 is 11.6 Å². The maximum atomic E-state index is 12.7. The molecule has 0 aliphatic rings. The molecule has 136 valence electrons. The number of hydrogen-bond donors (Lipinski definition) is 2. The van der Waals surface area contributed by atoms with Crippen LogP contribution in [0.5, 0.6) is 11.5 Å². The molecule has 0 fully saturated rings. The zero-order chi connectivity index (χ0) is 18.8. The lowest BCUT2D eigenvalue weighted by Gasteiger charge is -2.20. The van der Waals surface area contributed by atoms with Gasteiger partial charge in [-0.15, -0.1) is 0 Å². The maximum absolute atomic E-state index is 12.7. The predicted molar refractivity (Wildman–Crippen MR) is 92.9 cm³/mol. The Balaban J connectivity index is 2.57. The molecular formula is C18H24N2O5. The van der Waals surface area contributed by atoms with E-state index in [1.54, 1.807) is 25.3 Å². The third kappa shape index (κ3) is 4.11. The molecule has 2 rings (SSSR count). The monoisotopic (exact) mass is 348 g/mol. The van der Waals surface area contributed by atoms with Crippen molar-refractivity contribution in [3.05, 3.63) is 29.5 Å². The summed E-state index contributed by atoms with van der Waals surface area (Å²) >= 11 is 0. The fourth-order valence-electron chi connectivity index (χ4n) is 2.39. The normalized spacial score (nSPS) is 12.6. The first-order valence-corrected chi connectivity index (χ1v) is 7.90. The number of hydrogen-bond acceptors (Lipinski definition) is 6. The Morgan fingerprint density at radius 1 is 1.24 bits per heavy atom. The lowest BCUT2D eigenvalue weighted by Crippen LogP contribution is -2.41. The number of nitrogens with zero attached hydrogens (tertiary/aromatic N) is 1. The van der Waals surface area contributed by atoms with Crippen LogP contribution < -0.4 is 14.8 Å². The summed E-state index contributed by atoms with van der Waals surface area (Å²) in [5, 5.41) is 16.8. The minimum Gasteiger partial charge on any atom is -0.493 e. The van der Waals surface area contributed by atoms with Crippen molar-refractivity contribution in [1.29, 1.82) is 0 Å². The molecule has 25 heavy (non-hydrogen) atoms. The third-order valence-corrected chi connectivity index (χ3v) is 3.47. The molecule has 0 saturated carbocycles. The van der Waals surface area contributed by atoms with Crippen molar-refractivity contribution in [2.45, 2.75) is 39.3 Å². The number of aromatic nitrogens is 1. The first-order valence-electron chi connectivity index (χ1n) is 7.90. The van der Waals surface area contributed by atoms with Crippen molar-refractivity contribution in [2.24, 2.45) is 0 Å². The number of aliphatic hydroxyl groups excluding tert-OH is 1. The highest BCUT2D eigenvalue weighted by Crippen LogP contribution is 2.35. The summed E-state index contributed by atoms with van der Waals surface area (Å²) in [7, 11) is 3.07. The van der Waals surface area contributed by atoms with Gasteiger partial charge in [0.05, 0.1) is 14.2 Å². The Labute approximate surface area is 146 Å². The molecule has 0 spiro atoms. The predicted octanol–water partition coefficient (Wildman–Crippen LogP) is 2.94. The molecular weight excluding hydrogens is 324 g/mol. The summed E-state index contributed by atoms with van der Waals surface area (Å²) in [4.78, 5) is 12.7. The number of carbonyl (C=O) groups is 1. The van der Waals surface area contributed by atoms with Gasteiger partial charge < -0.3 is 24.4 Å². The van der Waals surface area contributed by atoms with Crippen molar-refractivity contribution in [3.63, 3.8) is 0 Å². The van der Waals surface area contributed by atoms with Crippen LogP contribution in [-0.2, 0) is 0 Å². The molecule has 0 aliphatic carbocycles. The largest absolute Gasteiger partial charge is 0.493 e. The van der Waals surface area contributed by atoms with Gasteiger partial charge in [-0.25, -0.2) is 0 Å². The van der Waals surface area contributed by atoms with Gasteiger partial charge in [-0.1, -0.05) is 5.16 Å². The van der Waals surface area contributed by atoms with E-state index in [2.05, 4.69) is 10.5 Å². The number of aliphatic hydroxyl groups is 1. The van der Waals surface area contributed by atoms with Gasteiger partial charge in [0.1, 0.15) is 17.4 Å². The zero-order valence-electron chi connectivity index (χ0n) is 15.3. The van der Waals surface area contributed by atoms with Crippen LogP contribution in [0, 0.1) is 0 Å². The Bertz CT molecular complexity index is 759. The Hall–Kier alpha value is -2.54. The highest BCUT2D eigenvalue weighted by molar-refractivity contribution is 6.01. The van der Waals surface area contributed by atoms with Gasteiger partial charge in [-0.05, 0) is 45.9 Å². The zero-order valence-corrected chi connectivity index (χ0v) is 15.3. The van der Waals surface area contributed by atoms with E-state index in [0.29, 0.717) is 22.8 Å². The van der Waals surface area contributed by atoms with E-state index >= 15 is 0 Å². The van der Waals surface area contributed by atoms with Crippen molar-refractivity contribution in [1.82, 2.24) is 10.5 Å². The molecule has 0 saturated heterocycles. The highest BCUT2D eigenvalue weighted by atomic mass is 16.5. The molecule has 1 amide bonds. The van der Waals surface area contributed by atoms with E-state index in [9.17, 15) is 9.90 Å². The van der Waals surface area contributed by atoms with Crippen LogP contribution in [0.25, 0.3) is 11.3 Å². The number of nitrogens with one attached hydrogen (secondary N) is 1. The van der Waals surface area contributed by atoms with Crippen LogP contribution in [0.15, 0.2) is 22.7 Å².